The molecule has 21 heavy (non-hydrogen) atoms. The van der Waals surface area contributed by atoms with Crippen LogP contribution in [-0.2, 0) is 19.6 Å². The van der Waals surface area contributed by atoms with Crippen LogP contribution in [-0.4, -0.2) is 6.54 Å². The van der Waals surface area contributed by atoms with Gasteiger partial charge >= 0.3 is 0 Å². The number of hydrogen-bond acceptors (Lipinski definition) is 3. The molecule has 2 aromatic rings. The Morgan fingerprint density at radius 3 is 2.33 bits per heavy atom. The normalized spacial score (nSPS) is 10.9. The average Bonchev–Trinajstić information content (AvgIpc) is 2.92. The maximum atomic E-state index is 5.97. The van der Waals surface area contributed by atoms with Crippen LogP contribution in [0.2, 0.25) is 0 Å². The van der Waals surface area contributed by atoms with Crippen molar-refractivity contribution in [3.8, 4) is 5.75 Å². The molecule has 0 aliphatic carbocycles. The van der Waals surface area contributed by atoms with E-state index in [9.17, 15) is 0 Å². The molecule has 0 aliphatic heterocycles. The molecule has 2 nitrogen and oxygen atoms in total. The highest BCUT2D eigenvalue weighted by molar-refractivity contribution is 9.11. The van der Waals surface area contributed by atoms with Crippen molar-refractivity contribution in [3.63, 3.8) is 0 Å². The zero-order chi connectivity index (χ0) is 15.2. The van der Waals surface area contributed by atoms with Crippen molar-refractivity contribution < 1.29 is 4.74 Å². The number of halogens is 2. The molecule has 0 unspecified atom stereocenters. The predicted octanol–water partition coefficient (Wildman–Crippen LogP) is 5.52. The van der Waals surface area contributed by atoms with E-state index in [1.807, 2.05) is 11.3 Å². The molecule has 0 fully saturated rings. The van der Waals surface area contributed by atoms with E-state index in [0.717, 1.165) is 34.2 Å². The standard InChI is InChI=1S/C16H19Br2NOS/c1-3-12-5-6-13(21-12)10-20-16-14(17)7-11(8-15(16)18)9-19-4-2/h5-8,19H,3-4,9-10H2,1-2H3. The topological polar surface area (TPSA) is 21.3 Å². The number of thiophene rings is 1. The second-order valence-corrected chi connectivity index (χ2v) is 7.64. The summed E-state index contributed by atoms with van der Waals surface area (Å²) < 4.78 is 7.93. The van der Waals surface area contributed by atoms with Gasteiger partial charge in [0.25, 0.3) is 0 Å². The maximum absolute atomic E-state index is 5.97. The van der Waals surface area contributed by atoms with Crippen molar-refractivity contribution in [2.24, 2.45) is 0 Å². The fourth-order valence-electron chi connectivity index (χ4n) is 1.95. The van der Waals surface area contributed by atoms with Gasteiger partial charge in [-0.15, -0.1) is 11.3 Å². The highest BCUT2D eigenvalue weighted by Crippen LogP contribution is 2.35. The lowest BCUT2D eigenvalue weighted by atomic mass is 10.2. The second-order valence-electron chi connectivity index (χ2n) is 4.68. The number of benzene rings is 1. The Morgan fingerprint density at radius 2 is 1.76 bits per heavy atom. The third-order valence-corrected chi connectivity index (χ3v) is 5.44. The first-order valence-electron chi connectivity index (χ1n) is 7.03. The van der Waals surface area contributed by atoms with Gasteiger partial charge in [0.1, 0.15) is 12.4 Å². The van der Waals surface area contributed by atoms with Crippen LogP contribution in [0.3, 0.4) is 0 Å². The summed E-state index contributed by atoms with van der Waals surface area (Å²) >= 11 is 9.02. The maximum Gasteiger partial charge on any atom is 0.148 e. The number of aryl methyl sites for hydroxylation is 1. The molecule has 0 spiro atoms. The van der Waals surface area contributed by atoms with E-state index in [0.29, 0.717) is 6.61 Å². The molecule has 1 heterocycles. The smallest absolute Gasteiger partial charge is 0.148 e. The van der Waals surface area contributed by atoms with E-state index in [-0.39, 0.29) is 0 Å². The van der Waals surface area contributed by atoms with Crippen molar-refractivity contribution in [1.29, 1.82) is 0 Å². The Kier molecular flexibility index (Phi) is 6.74. The van der Waals surface area contributed by atoms with Crippen LogP contribution in [0.4, 0.5) is 0 Å². The summed E-state index contributed by atoms with van der Waals surface area (Å²) in [7, 11) is 0. The summed E-state index contributed by atoms with van der Waals surface area (Å²) in [6, 6.07) is 8.53. The minimum Gasteiger partial charge on any atom is -0.486 e. The van der Waals surface area contributed by atoms with Gasteiger partial charge in [0, 0.05) is 16.3 Å². The molecule has 0 radical (unpaired) electrons. The van der Waals surface area contributed by atoms with E-state index >= 15 is 0 Å². The minimum atomic E-state index is 0.606. The SMILES string of the molecule is CCNCc1cc(Br)c(OCc2ccc(CC)s2)c(Br)c1. The first kappa shape index (κ1) is 17.0. The van der Waals surface area contributed by atoms with E-state index in [1.54, 1.807) is 0 Å². The van der Waals surface area contributed by atoms with Crippen LogP contribution in [0.25, 0.3) is 0 Å². The van der Waals surface area contributed by atoms with Crippen LogP contribution in [0.15, 0.2) is 33.2 Å². The molecular weight excluding hydrogens is 414 g/mol. The fourth-order valence-corrected chi connectivity index (χ4v) is 4.34. The van der Waals surface area contributed by atoms with Crippen LogP contribution in [0.5, 0.6) is 5.75 Å². The first-order valence-corrected chi connectivity index (χ1v) is 9.43. The predicted molar refractivity (Wildman–Crippen MR) is 97.3 cm³/mol. The largest absolute Gasteiger partial charge is 0.486 e. The van der Waals surface area contributed by atoms with Crippen molar-refractivity contribution in [1.82, 2.24) is 5.32 Å². The van der Waals surface area contributed by atoms with Gasteiger partial charge in [0.05, 0.1) is 8.95 Å². The lowest BCUT2D eigenvalue weighted by Crippen LogP contribution is -2.11. The van der Waals surface area contributed by atoms with E-state index in [1.165, 1.54) is 15.3 Å². The van der Waals surface area contributed by atoms with E-state index < -0.39 is 0 Å². The third kappa shape index (κ3) is 4.81. The first-order chi connectivity index (χ1) is 10.1. The Labute approximate surface area is 147 Å². The number of rotatable bonds is 7. The highest BCUT2D eigenvalue weighted by atomic mass is 79.9. The summed E-state index contributed by atoms with van der Waals surface area (Å²) in [5, 5.41) is 3.32. The highest BCUT2D eigenvalue weighted by Gasteiger charge is 2.10. The van der Waals surface area contributed by atoms with E-state index in [4.69, 9.17) is 4.74 Å². The molecule has 0 saturated heterocycles. The summed E-state index contributed by atoms with van der Waals surface area (Å²) in [4.78, 5) is 2.65. The van der Waals surface area contributed by atoms with Crippen molar-refractivity contribution in [2.75, 3.05) is 6.54 Å². The number of ether oxygens (including phenoxy) is 1. The molecule has 5 heteroatoms. The molecule has 1 aromatic heterocycles. The molecule has 1 N–H and O–H groups in total. The molecule has 0 bridgehead atoms. The molecule has 0 aliphatic rings. The molecule has 0 saturated carbocycles. The summed E-state index contributed by atoms with van der Waals surface area (Å²) in [6.07, 6.45) is 1.08. The molecule has 2 rings (SSSR count). The van der Waals surface area contributed by atoms with Crippen LogP contribution < -0.4 is 10.1 Å². The molecule has 114 valence electrons. The second kappa shape index (κ2) is 8.32. The van der Waals surface area contributed by atoms with Gasteiger partial charge in [-0.3, -0.25) is 0 Å². The fraction of sp³-hybridized carbons (Fsp3) is 0.375. The van der Waals surface area contributed by atoms with Crippen molar-refractivity contribution >= 4 is 43.2 Å². The van der Waals surface area contributed by atoms with Crippen LogP contribution in [0, 0.1) is 0 Å². The number of hydrogen-bond donors (Lipinski definition) is 1. The van der Waals surface area contributed by atoms with Crippen LogP contribution in [0.1, 0.15) is 29.2 Å². The number of nitrogens with one attached hydrogen (secondary N) is 1. The summed E-state index contributed by atoms with van der Waals surface area (Å²) in [5.74, 6) is 0.863. The van der Waals surface area contributed by atoms with Gasteiger partial charge in [0.2, 0.25) is 0 Å². The average molecular weight is 433 g/mol. The molecule has 0 atom stereocenters. The third-order valence-electron chi connectivity index (χ3n) is 3.06. The van der Waals surface area contributed by atoms with Gasteiger partial charge in [0.15, 0.2) is 0 Å². The van der Waals surface area contributed by atoms with Gasteiger partial charge in [-0.05, 0) is 74.7 Å². The Morgan fingerprint density at radius 1 is 1.10 bits per heavy atom. The molecule has 0 amide bonds. The van der Waals surface area contributed by atoms with Gasteiger partial charge in [-0.25, -0.2) is 0 Å². The Hall–Kier alpha value is -0.360. The zero-order valence-electron chi connectivity index (χ0n) is 12.2. The quantitative estimate of drug-likeness (QED) is 0.621. The Bertz CT molecular complexity index is 575. The van der Waals surface area contributed by atoms with Crippen LogP contribution >= 0.6 is 43.2 Å². The van der Waals surface area contributed by atoms with Gasteiger partial charge in [-0.2, -0.15) is 0 Å². The Balaban J connectivity index is 2.05. The molecular formula is C16H19Br2NOS. The lowest BCUT2D eigenvalue weighted by Gasteiger charge is -2.12. The molecule has 1 aromatic carbocycles. The van der Waals surface area contributed by atoms with Gasteiger partial charge in [-0.1, -0.05) is 13.8 Å². The lowest BCUT2D eigenvalue weighted by molar-refractivity contribution is 0.305. The van der Waals surface area contributed by atoms with Crippen molar-refractivity contribution in [2.45, 2.75) is 33.4 Å². The van der Waals surface area contributed by atoms with E-state index in [2.05, 4.69) is 75.3 Å². The van der Waals surface area contributed by atoms with Crippen molar-refractivity contribution in [3.05, 3.63) is 48.5 Å². The summed E-state index contributed by atoms with van der Waals surface area (Å²) in [6.45, 7) is 6.71. The minimum absolute atomic E-state index is 0.606. The monoisotopic (exact) mass is 431 g/mol. The summed E-state index contributed by atoms with van der Waals surface area (Å²) in [5.41, 5.74) is 1.23. The zero-order valence-corrected chi connectivity index (χ0v) is 16.2. The van der Waals surface area contributed by atoms with Gasteiger partial charge < -0.3 is 10.1 Å².